The Bertz CT molecular complexity index is 681. The standard InChI is InChI=1S/C20H28N2O5/c1-14(23)4-7-20(25)22-10-8-16(9-11-22)21-19(24)13-15-5-6-17(26-2)18(12-15)27-3/h5-6,12,16H,4,7-11,13H2,1-3H3,(H,21,24). The summed E-state index contributed by atoms with van der Waals surface area (Å²) in [6.45, 7) is 2.71. The van der Waals surface area contributed by atoms with Gasteiger partial charge in [-0.25, -0.2) is 0 Å². The summed E-state index contributed by atoms with van der Waals surface area (Å²) in [6, 6.07) is 5.49. The number of carbonyl (C=O) groups is 3. The van der Waals surface area contributed by atoms with Gasteiger partial charge in [-0.2, -0.15) is 0 Å². The predicted molar refractivity (Wildman–Crippen MR) is 101 cm³/mol. The minimum Gasteiger partial charge on any atom is -0.493 e. The molecule has 1 heterocycles. The second-order valence-electron chi connectivity index (χ2n) is 6.79. The van der Waals surface area contributed by atoms with Gasteiger partial charge in [0.15, 0.2) is 11.5 Å². The first-order valence-corrected chi connectivity index (χ1v) is 9.20. The predicted octanol–water partition coefficient (Wildman–Crippen LogP) is 1.72. The zero-order valence-corrected chi connectivity index (χ0v) is 16.2. The number of nitrogens with zero attached hydrogens (tertiary/aromatic N) is 1. The van der Waals surface area contributed by atoms with Crippen molar-refractivity contribution in [3.05, 3.63) is 23.8 Å². The molecule has 1 N–H and O–H groups in total. The van der Waals surface area contributed by atoms with Gasteiger partial charge >= 0.3 is 0 Å². The Kier molecular flexibility index (Phi) is 7.64. The van der Waals surface area contributed by atoms with Crippen LogP contribution >= 0.6 is 0 Å². The molecule has 0 aromatic heterocycles. The van der Waals surface area contributed by atoms with Gasteiger partial charge in [0.25, 0.3) is 0 Å². The maximum atomic E-state index is 12.3. The third kappa shape index (κ3) is 6.27. The minimum atomic E-state index is -0.0522. The zero-order chi connectivity index (χ0) is 19.8. The molecule has 1 aliphatic heterocycles. The van der Waals surface area contributed by atoms with Gasteiger partial charge in [0, 0.05) is 32.0 Å². The number of likely N-dealkylation sites (tertiary alicyclic amines) is 1. The van der Waals surface area contributed by atoms with E-state index in [-0.39, 0.29) is 36.5 Å². The largest absolute Gasteiger partial charge is 0.493 e. The first-order valence-electron chi connectivity index (χ1n) is 9.20. The highest BCUT2D eigenvalue weighted by Crippen LogP contribution is 2.27. The van der Waals surface area contributed by atoms with Crippen LogP contribution in [0, 0.1) is 0 Å². The van der Waals surface area contributed by atoms with E-state index in [1.807, 2.05) is 6.07 Å². The SMILES string of the molecule is COc1ccc(CC(=O)NC2CCN(C(=O)CCC(C)=O)CC2)cc1OC. The van der Waals surface area contributed by atoms with Gasteiger partial charge in [-0.15, -0.1) is 0 Å². The summed E-state index contributed by atoms with van der Waals surface area (Å²) in [7, 11) is 3.13. The quantitative estimate of drug-likeness (QED) is 0.747. The fourth-order valence-corrected chi connectivity index (χ4v) is 3.17. The van der Waals surface area contributed by atoms with Crippen LogP contribution in [0.25, 0.3) is 0 Å². The van der Waals surface area contributed by atoms with Crippen LogP contribution in [0.1, 0.15) is 38.2 Å². The Morgan fingerprint density at radius 2 is 1.74 bits per heavy atom. The molecule has 148 valence electrons. The Labute approximate surface area is 160 Å². The van der Waals surface area contributed by atoms with Crippen LogP contribution in [0.2, 0.25) is 0 Å². The van der Waals surface area contributed by atoms with Crippen molar-refractivity contribution in [2.75, 3.05) is 27.3 Å². The highest BCUT2D eigenvalue weighted by molar-refractivity contribution is 5.83. The topological polar surface area (TPSA) is 84.9 Å². The molecule has 0 spiro atoms. The number of hydrogen-bond donors (Lipinski definition) is 1. The van der Waals surface area contributed by atoms with Crippen LogP contribution in [0.15, 0.2) is 18.2 Å². The zero-order valence-electron chi connectivity index (χ0n) is 16.2. The summed E-state index contributed by atoms with van der Waals surface area (Å²) in [5.74, 6) is 1.22. The Balaban J connectivity index is 1.79. The minimum absolute atomic E-state index is 0.0142. The van der Waals surface area contributed by atoms with E-state index in [4.69, 9.17) is 9.47 Å². The number of rotatable bonds is 8. The average molecular weight is 376 g/mol. The number of hydrogen-bond acceptors (Lipinski definition) is 5. The molecule has 1 aromatic rings. The number of ether oxygens (including phenoxy) is 2. The second-order valence-corrected chi connectivity index (χ2v) is 6.79. The van der Waals surface area contributed by atoms with Crippen LogP contribution in [-0.2, 0) is 20.8 Å². The van der Waals surface area contributed by atoms with Crippen molar-refractivity contribution in [3.8, 4) is 11.5 Å². The third-order valence-electron chi connectivity index (χ3n) is 4.72. The van der Waals surface area contributed by atoms with Crippen molar-refractivity contribution in [1.82, 2.24) is 10.2 Å². The van der Waals surface area contributed by atoms with E-state index in [1.54, 1.807) is 31.3 Å². The summed E-state index contributed by atoms with van der Waals surface area (Å²) < 4.78 is 10.5. The van der Waals surface area contributed by atoms with E-state index in [0.29, 0.717) is 31.0 Å². The van der Waals surface area contributed by atoms with E-state index in [2.05, 4.69) is 5.32 Å². The number of amides is 2. The molecule has 1 saturated heterocycles. The normalized spacial score (nSPS) is 14.6. The summed E-state index contributed by atoms with van der Waals surface area (Å²) in [6.07, 6.45) is 2.28. The molecule has 0 saturated carbocycles. The molecule has 1 aromatic carbocycles. The van der Waals surface area contributed by atoms with Gasteiger partial charge in [0.05, 0.1) is 20.6 Å². The molecule has 0 atom stereocenters. The lowest BCUT2D eigenvalue weighted by atomic mass is 10.0. The number of methoxy groups -OCH3 is 2. The van der Waals surface area contributed by atoms with E-state index >= 15 is 0 Å². The third-order valence-corrected chi connectivity index (χ3v) is 4.72. The summed E-state index contributed by atoms with van der Waals surface area (Å²) in [4.78, 5) is 37.2. The molecule has 0 unspecified atom stereocenters. The molecule has 7 nitrogen and oxygen atoms in total. The molecule has 0 radical (unpaired) electrons. The molecule has 0 bridgehead atoms. The van der Waals surface area contributed by atoms with E-state index < -0.39 is 0 Å². The molecule has 0 aliphatic carbocycles. The van der Waals surface area contributed by atoms with Gasteiger partial charge < -0.3 is 24.5 Å². The molecular formula is C20H28N2O5. The van der Waals surface area contributed by atoms with Crippen LogP contribution < -0.4 is 14.8 Å². The summed E-state index contributed by atoms with van der Waals surface area (Å²) in [5, 5.41) is 3.04. The number of ketones is 1. The highest BCUT2D eigenvalue weighted by atomic mass is 16.5. The van der Waals surface area contributed by atoms with Crippen LogP contribution in [0.4, 0.5) is 0 Å². The molecule has 1 aliphatic rings. The highest BCUT2D eigenvalue weighted by Gasteiger charge is 2.23. The summed E-state index contributed by atoms with van der Waals surface area (Å²) >= 11 is 0. The van der Waals surface area contributed by atoms with Crippen molar-refractivity contribution in [3.63, 3.8) is 0 Å². The van der Waals surface area contributed by atoms with Crippen LogP contribution in [-0.4, -0.2) is 55.8 Å². The van der Waals surface area contributed by atoms with Crippen molar-refractivity contribution in [2.24, 2.45) is 0 Å². The summed E-state index contributed by atoms with van der Waals surface area (Å²) in [5.41, 5.74) is 0.849. The van der Waals surface area contributed by atoms with Gasteiger partial charge in [-0.1, -0.05) is 6.07 Å². The number of piperidine rings is 1. The number of nitrogens with one attached hydrogen (secondary N) is 1. The van der Waals surface area contributed by atoms with Crippen LogP contribution in [0.5, 0.6) is 11.5 Å². The molecular weight excluding hydrogens is 348 g/mol. The molecule has 7 heteroatoms. The lowest BCUT2D eigenvalue weighted by Gasteiger charge is -2.32. The van der Waals surface area contributed by atoms with Gasteiger partial charge in [-0.05, 0) is 37.5 Å². The Morgan fingerprint density at radius 1 is 1.07 bits per heavy atom. The molecule has 27 heavy (non-hydrogen) atoms. The fraction of sp³-hybridized carbons (Fsp3) is 0.550. The maximum Gasteiger partial charge on any atom is 0.224 e. The van der Waals surface area contributed by atoms with Crippen LogP contribution in [0.3, 0.4) is 0 Å². The van der Waals surface area contributed by atoms with Crippen molar-refractivity contribution < 1.29 is 23.9 Å². The fourth-order valence-electron chi connectivity index (χ4n) is 3.17. The number of Topliss-reactive ketones (excluding diaryl/α,β-unsaturated/α-hetero) is 1. The van der Waals surface area contributed by atoms with Crippen molar-refractivity contribution in [1.29, 1.82) is 0 Å². The van der Waals surface area contributed by atoms with E-state index in [1.165, 1.54) is 6.92 Å². The molecule has 1 fully saturated rings. The number of benzene rings is 1. The van der Waals surface area contributed by atoms with Gasteiger partial charge in [-0.3, -0.25) is 9.59 Å². The van der Waals surface area contributed by atoms with E-state index in [0.717, 1.165) is 18.4 Å². The molecule has 2 rings (SSSR count). The van der Waals surface area contributed by atoms with Gasteiger partial charge in [0.1, 0.15) is 5.78 Å². The Morgan fingerprint density at radius 3 is 2.33 bits per heavy atom. The number of carbonyl (C=O) groups excluding carboxylic acids is 3. The van der Waals surface area contributed by atoms with Crippen molar-refractivity contribution >= 4 is 17.6 Å². The lowest BCUT2D eigenvalue weighted by Crippen LogP contribution is -2.46. The molecule has 2 amide bonds. The maximum absolute atomic E-state index is 12.3. The van der Waals surface area contributed by atoms with Gasteiger partial charge in [0.2, 0.25) is 11.8 Å². The second kappa shape index (κ2) is 9.94. The first-order chi connectivity index (χ1) is 12.9. The first kappa shape index (κ1) is 20.7. The smallest absolute Gasteiger partial charge is 0.224 e. The van der Waals surface area contributed by atoms with E-state index in [9.17, 15) is 14.4 Å². The van der Waals surface area contributed by atoms with Crippen molar-refractivity contribution in [2.45, 2.75) is 45.1 Å². The lowest BCUT2D eigenvalue weighted by molar-refractivity contribution is -0.134. The monoisotopic (exact) mass is 376 g/mol. The average Bonchev–Trinajstić information content (AvgIpc) is 2.66. The Hall–Kier alpha value is -2.57.